The molecule has 0 saturated heterocycles. The molecule has 8 nitrogen and oxygen atoms in total. The molecule has 0 fully saturated rings. The number of methoxy groups -OCH3 is 7. The minimum atomic E-state index is -2.82. The maximum atomic E-state index is 12.7. The van der Waals surface area contributed by atoms with Gasteiger partial charge in [-0.25, -0.2) is 4.79 Å². The van der Waals surface area contributed by atoms with E-state index < -0.39 is 21.2 Å². The van der Waals surface area contributed by atoms with Crippen molar-refractivity contribution in [2.75, 3.05) is 55.9 Å². The number of rotatable bonds is 16. The van der Waals surface area contributed by atoms with Gasteiger partial charge in [-0.15, -0.1) is 0 Å². The van der Waals surface area contributed by atoms with Crippen molar-refractivity contribution in [3.8, 4) is 45.6 Å². The number of allylic oxidation sites excluding steroid dienone is 1. The summed E-state index contributed by atoms with van der Waals surface area (Å²) in [6, 6.07) is 45.2. The van der Waals surface area contributed by atoms with E-state index in [1.165, 1.54) is 13.2 Å². The molecule has 0 aliphatic carbocycles. The van der Waals surface area contributed by atoms with Crippen LogP contribution >= 0.6 is 15.2 Å². The van der Waals surface area contributed by atoms with E-state index >= 15 is 0 Å². The summed E-state index contributed by atoms with van der Waals surface area (Å²) in [5.74, 6) is 3.82. The van der Waals surface area contributed by atoms with Crippen molar-refractivity contribution in [3.63, 3.8) is 0 Å². The van der Waals surface area contributed by atoms with E-state index in [0.29, 0.717) is 29.2 Å². The Balaban J connectivity index is 1.80. The highest BCUT2D eigenvalue weighted by atomic mass is 31.2. The summed E-state index contributed by atoms with van der Waals surface area (Å²) in [5.41, 5.74) is 1.76. The molecule has 10 heteroatoms. The molecule has 0 unspecified atom stereocenters. The van der Waals surface area contributed by atoms with Gasteiger partial charge in [0.25, 0.3) is 0 Å². The number of hydrogen-bond donors (Lipinski definition) is 0. The van der Waals surface area contributed by atoms with E-state index in [0.717, 1.165) is 54.5 Å². The van der Waals surface area contributed by atoms with Crippen LogP contribution in [0.25, 0.3) is 11.1 Å². The summed E-state index contributed by atoms with van der Waals surface area (Å²) in [4.78, 5) is 12.7. The third-order valence-electron chi connectivity index (χ3n) is 9.80. The van der Waals surface area contributed by atoms with Gasteiger partial charge < -0.3 is 33.2 Å². The van der Waals surface area contributed by atoms with Crippen LogP contribution in [0.5, 0.6) is 34.5 Å². The molecule has 0 aromatic heterocycles. The van der Waals surface area contributed by atoms with E-state index in [1.807, 2.05) is 78.9 Å². The first kappa shape index (κ1) is 40.8. The van der Waals surface area contributed by atoms with Gasteiger partial charge in [0.15, 0.2) is 0 Å². The topological polar surface area (TPSA) is 81.7 Å². The number of hydrogen-bond acceptors (Lipinski definition) is 8. The zero-order valence-corrected chi connectivity index (χ0v) is 35.0. The van der Waals surface area contributed by atoms with Crippen LogP contribution in [0.15, 0.2) is 146 Å². The number of benzene rings is 6. The zero-order chi connectivity index (χ0) is 40.4. The second kappa shape index (κ2) is 18.9. The number of esters is 1. The molecule has 292 valence electrons. The van der Waals surface area contributed by atoms with Gasteiger partial charge in [-0.2, -0.15) is 0 Å². The molecule has 0 saturated carbocycles. The summed E-state index contributed by atoms with van der Waals surface area (Å²) < 4.78 is 41.0. The van der Waals surface area contributed by atoms with Crippen molar-refractivity contribution < 1.29 is 38.0 Å². The molecule has 6 aromatic rings. The standard InChI is InChI=1S/C47H47O8P2/c1-49-33-15-8-19-37(29-33)56(38-20-9-16-34(30-38)50-2)43-25-12-23-41(53-5)46(43)47-42(54-6)24-13-26-44(47)57(28-14-27-45(48)55-7,39-21-10-17-35(31-39)51-3)40-22-11-18-36(32-40)52-4/h8-27,29-32H,28H2,1-7H3/q+1/b27-14+. The van der Waals surface area contributed by atoms with E-state index in [2.05, 4.69) is 60.7 Å². The van der Waals surface area contributed by atoms with E-state index in [4.69, 9.17) is 33.2 Å². The van der Waals surface area contributed by atoms with Crippen molar-refractivity contribution in [2.45, 2.75) is 0 Å². The highest BCUT2D eigenvalue weighted by molar-refractivity contribution is 7.96. The van der Waals surface area contributed by atoms with Gasteiger partial charge in [-0.1, -0.05) is 54.6 Å². The fraction of sp³-hybridized carbons (Fsp3) is 0.170. The van der Waals surface area contributed by atoms with Crippen LogP contribution in [0.4, 0.5) is 0 Å². The lowest BCUT2D eigenvalue weighted by Crippen LogP contribution is -2.35. The van der Waals surface area contributed by atoms with Gasteiger partial charge in [-0.05, 0) is 96.6 Å². The Bertz CT molecular complexity index is 2260. The van der Waals surface area contributed by atoms with E-state index in [9.17, 15) is 4.79 Å². The molecule has 0 aliphatic heterocycles. The summed E-state index contributed by atoms with van der Waals surface area (Å²) in [7, 11) is 7.38. The van der Waals surface area contributed by atoms with Gasteiger partial charge in [-0.3, -0.25) is 0 Å². The molecule has 0 N–H and O–H groups in total. The second-order valence-corrected chi connectivity index (χ2v) is 18.5. The van der Waals surface area contributed by atoms with Crippen molar-refractivity contribution in [1.82, 2.24) is 0 Å². The van der Waals surface area contributed by atoms with Crippen LogP contribution in [0.2, 0.25) is 0 Å². The van der Waals surface area contributed by atoms with Crippen LogP contribution in [0, 0.1) is 0 Å². The van der Waals surface area contributed by atoms with Gasteiger partial charge in [0.1, 0.15) is 57.7 Å². The summed E-state index contributed by atoms with van der Waals surface area (Å²) in [5, 5.41) is 6.25. The zero-order valence-electron chi connectivity index (χ0n) is 33.2. The van der Waals surface area contributed by atoms with Crippen LogP contribution in [-0.4, -0.2) is 61.9 Å². The lowest BCUT2D eigenvalue weighted by molar-refractivity contribution is -0.134. The number of carbonyl (C=O) groups excluding carboxylic acids is 1. The van der Waals surface area contributed by atoms with Gasteiger partial charge >= 0.3 is 5.97 Å². The minimum absolute atomic E-state index is 0.440. The summed E-state index contributed by atoms with van der Waals surface area (Å²) in [6.45, 7) is 0. The molecule has 6 aromatic carbocycles. The lowest BCUT2D eigenvalue weighted by Gasteiger charge is -2.31. The van der Waals surface area contributed by atoms with E-state index in [1.54, 1.807) is 42.7 Å². The molecule has 0 radical (unpaired) electrons. The lowest BCUT2D eigenvalue weighted by atomic mass is 10.0. The molecular weight excluding hydrogens is 754 g/mol. The molecule has 6 rings (SSSR count). The fourth-order valence-electron chi connectivity index (χ4n) is 7.12. The molecule has 0 heterocycles. The number of ether oxygens (including phenoxy) is 7. The minimum Gasteiger partial charge on any atom is -0.497 e. The maximum Gasteiger partial charge on any atom is 0.330 e. The van der Waals surface area contributed by atoms with Crippen LogP contribution in [0.3, 0.4) is 0 Å². The first-order valence-corrected chi connectivity index (χ1v) is 21.5. The Kier molecular flexibility index (Phi) is 13.5. The SMILES string of the molecule is COC(=O)/C=C/C[P+](c1cccc(OC)c1)(c1cccc(OC)c1)c1cccc(OC)c1-c1c(OC)cccc1P(c1cccc(OC)c1)c1cccc(OC)c1. The van der Waals surface area contributed by atoms with Gasteiger partial charge in [0.2, 0.25) is 0 Å². The third-order valence-corrected chi connectivity index (χ3v) is 16.5. The molecule has 0 atom stereocenters. The van der Waals surface area contributed by atoms with Crippen LogP contribution in [-0.2, 0) is 9.53 Å². The van der Waals surface area contributed by atoms with Gasteiger partial charge in [0, 0.05) is 23.8 Å². The quantitative estimate of drug-likeness (QED) is 0.0579. The molecule has 0 aliphatic rings. The smallest absolute Gasteiger partial charge is 0.330 e. The maximum absolute atomic E-state index is 12.7. The summed E-state index contributed by atoms with van der Waals surface area (Å²) in [6.07, 6.45) is 3.85. The average molecular weight is 802 g/mol. The highest BCUT2D eigenvalue weighted by Gasteiger charge is 2.48. The average Bonchev–Trinajstić information content (AvgIpc) is 3.27. The molecule has 0 spiro atoms. The van der Waals surface area contributed by atoms with Gasteiger partial charge in [0.05, 0.1) is 61.5 Å². The summed E-state index contributed by atoms with van der Waals surface area (Å²) >= 11 is 0. The Morgan fingerprint density at radius 3 is 1.47 bits per heavy atom. The molecule has 0 amide bonds. The van der Waals surface area contributed by atoms with Crippen molar-refractivity contribution >= 4 is 53.0 Å². The first-order chi connectivity index (χ1) is 27.8. The third kappa shape index (κ3) is 8.49. The normalized spacial score (nSPS) is 11.3. The van der Waals surface area contributed by atoms with E-state index in [-0.39, 0.29) is 0 Å². The van der Waals surface area contributed by atoms with Crippen LogP contribution in [0.1, 0.15) is 0 Å². The Morgan fingerprint density at radius 1 is 0.526 bits per heavy atom. The molecular formula is C47H47O8P2+. The largest absolute Gasteiger partial charge is 0.497 e. The Morgan fingerprint density at radius 2 is 0.982 bits per heavy atom. The van der Waals surface area contributed by atoms with Crippen molar-refractivity contribution in [1.29, 1.82) is 0 Å². The Labute approximate surface area is 337 Å². The monoisotopic (exact) mass is 801 g/mol. The number of carbonyl (C=O) groups is 1. The second-order valence-electron chi connectivity index (χ2n) is 12.8. The Hall–Kier alpha value is -5.81. The predicted octanol–water partition coefficient (Wildman–Crippen LogP) is 7.19. The highest BCUT2D eigenvalue weighted by Crippen LogP contribution is 2.59. The molecule has 0 bridgehead atoms. The first-order valence-electron chi connectivity index (χ1n) is 18.2. The molecule has 57 heavy (non-hydrogen) atoms. The predicted molar refractivity (Wildman–Crippen MR) is 235 cm³/mol. The van der Waals surface area contributed by atoms with Crippen molar-refractivity contribution in [2.24, 2.45) is 0 Å². The van der Waals surface area contributed by atoms with Crippen LogP contribution < -0.4 is 60.2 Å². The van der Waals surface area contributed by atoms with Crippen molar-refractivity contribution in [3.05, 3.63) is 146 Å². The fourth-order valence-corrected chi connectivity index (χ4v) is 13.9.